The number of carbonyl (C=O) groups excluding carboxylic acids is 1. The predicted molar refractivity (Wildman–Crippen MR) is 102 cm³/mol. The quantitative estimate of drug-likeness (QED) is 0.757. The molecular weight excluding hydrogens is 399 g/mol. The highest BCUT2D eigenvalue weighted by Gasteiger charge is 2.33. The molecule has 0 aliphatic carbocycles. The summed E-state index contributed by atoms with van der Waals surface area (Å²) >= 11 is 0. The first-order valence-corrected chi connectivity index (χ1v) is 10.0. The van der Waals surface area contributed by atoms with Crippen LogP contribution in [-0.4, -0.2) is 63.0 Å². The zero-order chi connectivity index (χ0) is 21.3. The second kappa shape index (κ2) is 8.25. The number of para-hydroxylation sites is 1. The second-order valence-electron chi connectivity index (χ2n) is 7.76. The topological polar surface area (TPSA) is 63.5 Å². The average Bonchev–Trinajstić information content (AvgIpc) is 3.23. The van der Waals surface area contributed by atoms with Crippen LogP contribution in [0.2, 0.25) is 0 Å². The van der Waals surface area contributed by atoms with Crippen molar-refractivity contribution in [3.63, 3.8) is 0 Å². The Morgan fingerprint density at radius 3 is 2.73 bits per heavy atom. The van der Waals surface area contributed by atoms with Crippen LogP contribution in [0.3, 0.4) is 0 Å². The van der Waals surface area contributed by atoms with Crippen LogP contribution in [0, 0.1) is 0 Å². The molecule has 0 N–H and O–H groups in total. The highest BCUT2D eigenvalue weighted by Crippen LogP contribution is 2.31. The van der Waals surface area contributed by atoms with Crippen molar-refractivity contribution in [2.24, 2.45) is 0 Å². The van der Waals surface area contributed by atoms with Gasteiger partial charge in [-0.2, -0.15) is 0 Å². The van der Waals surface area contributed by atoms with Gasteiger partial charge in [-0.05, 0) is 19.0 Å². The molecule has 2 aliphatic rings. The highest BCUT2D eigenvalue weighted by molar-refractivity contribution is 5.73. The number of amides is 1. The summed E-state index contributed by atoms with van der Waals surface area (Å²) in [5.41, 5.74) is 0.507. The number of aromatic nitrogens is 3. The average molecular weight is 423 g/mol. The van der Waals surface area contributed by atoms with E-state index >= 15 is 0 Å². The zero-order valence-corrected chi connectivity index (χ0v) is 16.7. The lowest BCUT2D eigenvalue weighted by Gasteiger charge is -2.19. The van der Waals surface area contributed by atoms with Crippen LogP contribution in [0.5, 0.6) is 5.75 Å². The van der Waals surface area contributed by atoms with Crippen LogP contribution in [0.25, 0.3) is 0 Å². The number of nitrogens with zero attached hydrogens (tertiary/aromatic N) is 5. The van der Waals surface area contributed by atoms with E-state index in [0.717, 1.165) is 24.6 Å². The smallest absolute Gasteiger partial charge is 0.405 e. The number of ether oxygens (including phenoxy) is 1. The molecule has 0 bridgehead atoms. The number of rotatable bonds is 4. The Hall–Kier alpha value is -2.62. The first kappa shape index (κ1) is 20.6. The van der Waals surface area contributed by atoms with E-state index in [2.05, 4.69) is 24.4 Å². The summed E-state index contributed by atoms with van der Waals surface area (Å²) in [6.07, 6.45) is -3.18. The van der Waals surface area contributed by atoms with Crippen LogP contribution in [0.1, 0.15) is 36.5 Å². The minimum atomic E-state index is -4.71. The number of alkyl halides is 3. The van der Waals surface area contributed by atoms with E-state index in [-0.39, 0.29) is 17.6 Å². The Balaban J connectivity index is 1.43. The fourth-order valence-corrected chi connectivity index (χ4v) is 4.25. The summed E-state index contributed by atoms with van der Waals surface area (Å²) in [5.74, 6) is 1.84. The third-order valence-electron chi connectivity index (χ3n) is 5.73. The maximum absolute atomic E-state index is 12.7. The number of fused-ring (bicyclic) bond motifs is 1. The molecule has 10 heteroatoms. The standard InChI is InChI=1S/C20H24F3N5O2/c1-14(29)27-9-7-18-24-25-19(28(18)11-10-27)16-6-8-26(13-16)12-15-4-2-3-5-17(15)30-20(21,22)23/h2-5,16H,6-13H2,1H3. The number of hydrogen-bond donors (Lipinski definition) is 0. The fraction of sp³-hybridized carbons (Fsp3) is 0.550. The summed E-state index contributed by atoms with van der Waals surface area (Å²) in [5, 5.41) is 8.74. The summed E-state index contributed by atoms with van der Waals surface area (Å²) < 4.78 is 44.3. The van der Waals surface area contributed by atoms with Gasteiger partial charge in [0.2, 0.25) is 5.91 Å². The molecular formula is C20H24F3N5O2. The number of likely N-dealkylation sites (tertiary alicyclic amines) is 1. The van der Waals surface area contributed by atoms with Gasteiger partial charge in [-0.1, -0.05) is 18.2 Å². The Bertz CT molecular complexity index is 914. The number of halogens is 3. The molecule has 1 aromatic carbocycles. The first-order valence-electron chi connectivity index (χ1n) is 10.0. The first-order chi connectivity index (χ1) is 14.3. The molecule has 30 heavy (non-hydrogen) atoms. The molecule has 0 saturated carbocycles. The van der Waals surface area contributed by atoms with E-state index in [1.54, 1.807) is 19.1 Å². The van der Waals surface area contributed by atoms with Crippen molar-refractivity contribution >= 4 is 5.91 Å². The van der Waals surface area contributed by atoms with E-state index in [0.29, 0.717) is 44.7 Å². The maximum atomic E-state index is 12.7. The van der Waals surface area contributed by atoms with Gasteiger partial charge in [0.15, 0.2) is 0 Å². The van der Waals surface area contributed by atoms with E-state index < -0.39 is 6.36 Å². The minimum absolute atomic E-state index is 0.0574. The molecule has 3 heterocycles. The van der Waals surface area contributed by atoms with Crippen LogP contribution < -0.4 is 4.74 Å². The predicted octanol–water partition coefficient (Wildman–Crippen LogP) is 2.57. The third-order valence-corrected chi connectivity index (χ3v) is 5.73. The monoisotopic (exact) mass is 423 g/mol. The van der Waals surface area contributed by atoms with Crippen LogP contribution in [0.15, 0.2) is 24.3 Å². The van der Waals surface area contributed by atoms with Crippen molar-refractivity contribution in [1.29, 1.82) is 0 Å². The van der Waals surface area contributed by atoms with Gasteiger partial charge in [0.05, 0.1) is 0 Å². The van der Waals surface area contributed by atoms with Crippen LogP contribution in [-0.2, 0) is 24.3 Å². The summed E-state index contributed by atoms with van der Waals surface area (Å²) in [7, 11) is 0. The molecule has 1 atom stereocenters. The summed E-state index contributed by atoms with van der Waals surface area (Å²) in [6.45, 7) is 5.33. The third kappa shape index (κ3) is 4.58. The maximum Gasteiger partial charge on any atom is 0.573 e. The molecule has 1 amide bonds. The Kier molecular flexibility index (Phi) is 5.68. The van der Waals surface area contributed by atoms with Crippen molar-refractivity contribution < 1.29 is 22.7 Å². The molecule has 2 aromatic rings. The van der Waals surface area contributed by atoms with Gasteiger partial charge in [0.25, 0.3) is 0 Å². The Morgan fingerprint density at radius 2 is 1.97 bits per heavy atom. The van der Waals surface area contributed by atoms with Crippen molar-refractivity contribution in [2.45, 2.75) is 45.1 Å². The molecule has 1 fully saturated rings. The molecule has 0 radical (unpaired) electrons. The zero-order valence-electron chi connectivity index (χ0n) is 16.7. The van der Waals surface area contributed by atoms with Gasteiger partial charge in [-0.3, -0.25) is 9.69 Å². The Morgan fingerprint density at radius 1 is 1.17 bits per heavy atom. The highest BCUT2D eigenvalue weighted by atomic mass is 19.4. The van der Waals surface area contributed by atoms with Gasteiger partial charge in [0, 0.05) is 57.5 Å². The largest absolute Gasteiger partial charge is 0.573 e. The number of carbonyl (C=O) groups is 1. The van der Waals surface area contributed by atoms with Crippen molar-refractivity contribution in [3.8, 4) is 5.75 Å². The minimum Gasteiger partial charge on any atom is -0.405 e. The second-order valence-corrected chi connectivity index (χ2v) is 7.76. The lowest BCUT2D eigenvalue weighted by Crippen LogP contribution is -2.31. The SMILES string of the molecule is CC(=O)N1CCc2nnc(C3CCN(Cc4ccccc4OC(F)(F)F)C3)n2CC1. The van der Waals surface area contributed by atoms with Crippen molar-refractivity contribution in [1.82, 2.24) is 24.6 Å². The van der Waals surface area contributed by atoms with Gasteiger partial charge < -0.3 is 14.2 Å². The molecule has 1 aromatic heterocycles. The Labute approximate surface area is 172 Å². The van der Waals surface area contributed by atoms with E-state index in [1.807, 2.05) is 4.90 Å². The van der Waals surface area contributed by atoms with E-state index in [9.17, 15) is 18.0 Å². The van der Waals surface area contributed by atoms with E-state index in [4.69, 9.17) is 0 Å². The normalized spacial score (nSPS) is 20.1. The molecule has 162 valence electrons. The lowest BCUT2D eigenvalue weighted by molar-refractivity contribution is -0.275. The molecule has 2 aliphatic heterocycles. The molecule has 0 spiro atoms. The molecule has 1 saturated heterocycles. The number of hydrogen-bond acceptors (Lipinski definition) is 5. The van der Waals surface area contributed by atoms with Gasteiger partial charge in [0.1, 0.15) is 17.4 Å². The van der Waals surface area contributed by atoms with Crippen LogP contribution >= 0.6 is 0 Å². The molecule has 7 nitrogen and oxygen atoms in total. The van der Waals surface area contributed by atoms with Gasteiger partial charge in [-0.15, -0.1) is 23.4 Å². The van der Waals surface area contributed by atoms with Crippen molar-refractivity contribution in [3.05, 3.63) is 41.5 Å². The fourth-order valence-electron chi connectivity index (χ4n) is 4.25. The van der Waals surface area contributed by atoms with Gasteiger partial charge >= 0.3 is 6.36 Å². The summed E-state index contributed by atoms with van der Waals surface area (Å²) in [6, 6.07) is 6.25. The molecule has 1 unspecified atom stereocenters. The lowest BCUT2D eigenvalue weighted by atomic mass is 10.1. The van der Waals surface area contributed by atoms with Crippen molar-refractivity contribution in [2.75, 3.05) is 26.2 Å². The van der Waals surface area contributed by atoms with Gasteiger partial charge in [-0.25, -0.2) is 0 Å². The summed E-state index contributed by atoms with van der Waals surface area (Å²) in [4.78, 5) is 15.6. The number of benzene rings is 1. The van der Waals surface area contributed by atoms with Crippen LogP contribution in [0.4, 0.5) is 13.2 Å². The van der Waals surface area contributed by atoms with E-state index in [1.165, 1.54) is 12.1 Å². The molecule has 4 rings (SSSR count).